The van der Waals surface area contributed by atoms with Crippen molar-refractivity contribution < 1.29 is 4.79 Å². The first-order chi connectivity index (χ1) is 8.81. The molecule has 0 aromatic rings. The van der Waals surface area contributed by atoms with Gasteiger partial charge < -0.3 is 4.90 Å². The van der Waals surface area contributed by atoms with Gasteiger partial charge in [0.2, 0.25) is 5.91 Å². The normalized spacial score (nSPS) is 48.9. The van der Waals surface area contributed by atoms with E-state index in [1.54, 1.807) is 0 Å². The molecule has 0 radical (unpaired) electrons. The van der Waals surface area contributed by atoms with Gasteiger partial charge in [-0.2, -0.15) is 0 Å². The molecule has 4 aliphatic rings. The highest BCUT2D eigenvalue weighted by Gasteiger charge is 2.68. The molecule has 3 nitrogen and oxygen atoms in total. The molecule has 4 fully saturated rings. The van der Waals surface area contributed by atoms with Gasteiger partial charge in [-0.1, -0.05) is 19.8 Å². The molecule has 1 saturated heterocycles. The summed E-state index contributed by atoms with van der Waals surface area (Å²) in [7, 11) is 0. The van der Waals surface area contributed by atoms with Crippen LogP contribution in [0.2, 0.25) is 0 Å². The van der Waals surface area contributed by atoms with Crippen LogP contribution in [0.1, 0.15) is 45.4 Å². The average Bonchev–Trinajstić information content (AvgIpc) is 2.73. The molecule has 1 heterocycles. The van der Waals surface area contributed by atoms with Crippen molar-refractivity contribution in [1.82, 2.24) is 10.2 Å². The zero-order chi connectivity index (χ0) is 12.3. The lowest BCUT2D eigenvalue weighted by molar-refractivity contribution is -0.130. The molecule has 100 valence electrons. The number of rotatable bonds is 4. The van der Waals surface area contributed by atoms with E-state index in [-0.39, 0.29) is 6.04 Å². The van der Waals surface area contributed by atoms with Crippen LogP contribution in [0, 0.1) is 23.7 Å². The molecule has 0 aromatic carbocycles. The lowest BCUT2D eigenvalue weighted by atomic mass is 10.0. The van der Waals surface area contributed by atoms with Crippen LogP contribution in [0.25, 0.3) is 0 Å². The molecule has 4 rings (SSSR count). The Kier molecular flexibility index (Phi) is 2.48. The third kappa shape index (κ3) is 1.43. The number of amides is 1. The van der Waals surface area contributed by atoms with Crippen LogP contribution in [0.5, 0.6) is 0 Å². The molecule has 18 heavy (non-hydrogen) atoms. The Morgan fingerprint density at radius 2 is 2.00 bits per heavy atom. The maximum absolute atomic E-state index is 12.4. The lowest BCUT2D eigenvalue weighted by Gasteiger charge is -2.19. The second kappa shape index (κ2) is 3.96. The van der Waals surface area contributed by atoms with Crippen LogP contribution in [0.15, 0.2) is 0 Å². The SMILES string of the molecule is CCCCC1NCN(C2C3C4CCC(C4)C32)C1=O. The van der Waals surface area contributed by atoms with Crippen LogP contribution in [0.3, 0.4) is 0 Å². The molecule has 5 atom stereocenters. The molecule has 1 amide bonds. The lowest BCUT2D eigenvalue weighted by Crippen LogP contribution is -2.34. The minimum Gasteiger partial charge on any atom is -0.325 e. The molecule has 3 aliphatic carbocycles. The number of unbranched alkanes of at least 4 members (excludes halogenated alkanes) is 1. The van der Waals surface area contributed by atoms with Gasteiger partial charge >= 0.3 is 0 Å². The van der Waals surface area contributed by atoms with Crippen molar-refractivity contribution in [2.45, 2.75) is 57.5 Å². The van der Waals surface area contributed by atoms with Gasteiger partial charge in [-0.15, -0.1) is 0 Å². The zero-order valence-electron chi connectivity index (χ0n) is 11.3. The van der Waals surface area contributed by atoms with Gasteiger partial charge in [-0.05, 0) is 49.4 Å². The number of hydrogen-bond acceptors (Lipinski definition) is 2. The van der Waals surface area contributed by atoms with Crippen molar-refractivity contribution in [3.05, 3.63) is 0 Å². The fraction of sp³-hybridized carbons (Fsp3) is 0.933. The number of nitrogens with zero attached hydrogens (tertiary/aromatic N) is 1. The summed E-state index contributed by atoms with van der Waals surface area (Å²) < 4.78 is 0. The van der Waals surface area contributed by atoms with Gasteiger partial charge in [-0.3, -0.25) is 10.1 Å². The molecule has 1 aliphatic heterocycles. The molecule has 1 N–H and O–H groups in total. The summed E-state index contributed by atoms with van der Waals surface area (Å²) in [5.74, 6) is 4.11. The largest absolute Gasteiger partial charge is 0.325 e. The Bertz CT molecular complexity index is 354. The quantitative estimate of drug-likeness (QED) is 0.825. The zero-order valence-corrected chi connectivity index (χ0v) is 11.3. The monoisotopic (exact) mass is 248 g/mol. The summed E-state index contributed by atoms with van der Waals surface area (Å²) >= 11 is 0. The number of nitrogens with one attached hydrogen (secondary N) is 1. The number of fused-ring (bicyclic) bond motifs is 5. The first-order valence-corrected chi connectivity index (χ1v) is 7.85. The van der Waals surface area contributed by atoms with E-state index in [4.69, 9.17) is 0 Å². The molecule has 0 spiro atoms. The Labute approximate surface area is 109 Å². The van der Waals surface area contributed by atoms with E-state index in [1.807, 2.05) is 0 Å². The molecular formula is C15H24N2O. The number of carbonyl (C=O) groups excluding carboxylic acids is 1. The Balaban J connectivity index is 1.41. The van der Waals surface area contributed by atoms with E-state index in [2.05, 4.69) is 17.1 Å². The third-order valence-electron chi connectivity index (χ3n) is 5.99. The highest BCUT2D eigenvalue weighted by atomic mass is 16.2. The van der Waals surface area contributed by atoms with Crippen molar-refractivity contribution in [1.29, 1.82) is 0 Å². The van der Waals surface area contributed by atoms with E-state index in [1.165, 1.54) is 32.1 Å². The summed E-state index contributed by atoms with van der Waals surface area (Å²) in [6, 6.07) is 0.756. The summed E-state index contributed by atoms with van der Waals surface area (Å²) in [6.45, 7) is 3.02. The summed E-state index contributed by atoms with van der Waals surface area (Å²) in [4.78, 5) is 14.6. The minimum absolute atomic E-state index is 0.129. The minimum atomic E-state index is 0.129. The van der Waals surface area contributed by atoms with Crippen molar-refractivity contribution in [3.8, 4) is 0 Å². The highest BCUT2D eigenvalue weighted by molar-refractivity contribution is 5.84. The van der Waals surface area contributed by atoms with E-state index in [0.29, 0.717) is 11.9 Å². The molecule has 3 saturated carbocycles. The van der Waals surface area contributed by atoms with Gasteiger partial charge in [0.1, 0.15) is 0 Å². The van der Waals surface area contributed by atoms with Gasteiger partial charge in [0.25, 0.3) is 0 Å². The smallest absolute Gasteiger partial charge is 0.241 e. The first kappa shape index (κ1) is 11.3. The number of hydrogen-bond donors (Lipinski definition) is 1. The topological polar surface area (TPSA) is 32.3 Å². The second-order valence-electron chi connectivity index (χ2n) is 6.84. The van der Waals surface area contributed by atoms with Gasteiger partial charge in [0.05, 0.1) is 12.7 Å². The van der Waals surface area contributed by atoms with Crippen LogP contribution in [-0.2, 0) is 4.79 Å². The summed E-state index contributed by atoms with van der Waals surface area (Å²) in [6.07, 6.45) is 7.74. The van der Waals surface area contributed by atoms with Crippen molar-refractivity contribution in [2.75, 3.05) is 6.67 Å². The fourth-order valence-electron chi connectivity index (χ4n) is 5.16. The van der Waals surface area contributed by atoms with Crippen molar-refractivity contribution >= 4 is 5.91 Å². The molecule has 5 unspecified atom stereocenters. The van der Waals surface area contributed by atoms with Crippen LogP contribution < -0.4 is 5.32 Å². The second-order valence-corrected chi connectivity index (χ2v) is 6.84. The predicted molar refractivity (Wildman–Crippen MR) is 69.8 cm³/mol. The van der Waals surface area contributed by atoms with Crippen molar-refractivity contribution in [2.24, 2.45) is 23.7 Å². The molecule has 2 bridgehead atoms. The summed E-state index contributed by atoms with van der Waals surface area (Å²) in [5.41, 5.74) is 0. The average molecular weight is 248 g/mol. The van der Waals surface area contributed by atoms with Gasteiger partial charge in [-0.25, -0.2) is 0 Å². The van der Waals surface area contributed by atoms with E-state index >= 15 is 0 Å². The Morgan fingerprint density at radius 3 is 2.67 bits per heavy atom. The Hall–Kier alpha value is -0.570. The van der Waals surface area contributed by atoms with Crippen LogP contribution >= 0.6 is 0 Å². The maximum atomic E-state index is 12.4. The van der Waals surface area contributed by atoms with E-state index < -0.39 is 0 Å². The van der Waals surface area contributed by atoms with Gasteiger partial charge in [0, 0.05) is 6.04 Å². The predicted octanol–water partition coefficient (Wildman–Crippen LogP) is 1.98. The van der Waals surface area contributed by atoms with E-state index in [9.17, 15) is 4.79 Å². The fourth-order valence-corrected chi connectivity index (χ4v) is 5.16. The first-order valence-electron chi connectivity index (χ1n) is 7.85. The third-order valence-corrected chi connectivity index (χ3v) is 5.99. The summed E-state index contributed by atoms with van der Waals surface area (Å²) in [5, 5.41) is 3.43. The molecule has 3 heteroatoms. The molecular weight excluding hydrogens is 224 g/mol. The van der Waals surface area contributed by atoms with Crippen molar-refractivity contribution in [3.63, 3.8) is 0 Å². The highest BCUT2D eigenvalue weighted by Crippen LogP contribution is 2.67. The van der Waals surface area contributed by atoms with Crippen LogP contribution in [-0.4, -0.2) is 29.6 Å². The maximum Gasteiger partial charge on any atom is 0.241 e. The molecule has 0 aromatic heterocycles. The van der Waals surface area contributed by atoms with Gasteiger partial charge in [0.15, 0.2) is 0 Å². The van der Waals surface area contributed by atoms with E-state index in [0.717, 1.165) is 36.8 Å². The van der Waals surface area contributed by atoms with Crippen LogP contribution in [0.4, 0.5) is 0 Å². The number of carbonyl (C=O) groups is 1. The standard InChI is InChI=1S/C15H24N2O/c1-2-3-4-11-15(18)17(8-16-11)14-12-9-5-6-10(7-9)13(12)14/h9-14,16H,2-8H2,1H3. The Morgan fingerprint density at radius 1 is 1.28 bits per heavy atom.